The lowest BCUT2D eigenvalue weighted by atomic mass is 9.83. The van der Waals surface area contributed by atoms with Gasteiger partial charge in [0.2, 0.25) is 0 Å². The highest BCUT2D eigenvalue weighted by Gasteiger charge is 2.54. The third-order valence-electron chi connectivity index (χ3n) is 7.71. The predicted octanol–water partition coefficient (Wildman–Crippen LogP) is 3.78. The summed E-state index contributed by atoms with van der Waals surface area (Å²) in [5, 5.41) is -0.169. The number of carbonyl (C=O) groups is 1. The zero-order valence-electron chi connectivity index (χ0n) is 20.9. The summed E-state index contributed by atoms with van der Waals surface area (Å²) in [5.41, 5.74) is 7.00. The SMILES string of the molecule is Cc1ccc(C2CCCCC2)c(OC2(C(=O)NS(=O)(=O)c3cccc(N4CCC(N)CC4)n3)CC2)c1. The van der Waals surface area contributed by atoms with Crippen molar-refractivity contribution in [1.29, 1.82) is 0 Å². The maximum atomic E-state index is 13.2. The Balaban J connectivity index is 1.32. The van der Waals surface area contributed by atoms with Gasteiger partial charge in [0.05, 0.1) is 0 Å². The fraction of sp³-hybridized carbons (Fsp3) is 0.556. The largest absolute Gasteiger partial charge is 0.477 e. The van der Waals surface area contributed by atoms with Crippen LogP contribution in [-0.4, -0.2) is 44.0 Å². The van der Waals surface area contributed by atoms with Gasteiger partial charge in [-0.2, -0.15) is 8.42 Å². The number of carbonyl (C=O) groups excluding carboxylic acids is 1. The number of aromatic nitrogens is 1. The van der Waals surface area contributed by atoms with Crippen molar-refractivity contribution in [2.24, 2.45) is 5.73 Å². The van der Waals surface area contributed by atoms with E-state index >= 15 is 0 Å². The molecule has 3 N–H and O–H groups in total. The van der Waals surface area contributed by atoms with Crippen LogP contribution in [-0.2, 0) is 14.8 Å². The number of pyridine rings is 1. The van der Waals surface area contributed by atoms with Crippen molar-refractivity contribution >= 4 is 21.7 Å². The number of hydrogen-bond acceptors (Lipinski definition) is 7. The summed E-state index contributed by atoms with van der Waals surface area (Å²) in [6.07, 6.45) is 8.48. The Morgan fingerprint density at radius 3 is 2.50 bits per heavy atom. The molecule has 1 aromatic heterocycles. The van der Waals surface area contributed by atoms with Gasteiger partial charge in [0.25, 0.3) is 15.9 Å². The molecule has 1 aromatic carbocycles. The molecule has 2 aromatic rings. The van der Waals surface area contributed by atoms with E-state index in [-0.39, 0.29) is 11.1 Å². The van der Waals surface area contributed by atoms with Gasteiger partial charge >= 0.3 is 0 Å². The summed E-state index contributed by atoms with van der Waals surface area (Å²) in [5.74, 6) is 1.06. The number of rotatable bonds is 7. The van der Waals surface area contributed by atoms with E-state index in [2.05, 4.69) is 21.8 Å². The quantitative estimate of drug-likeness (QED) is 0.580. The second kappa shape index (κ2) is 10.0. The number of sulfonamides is 1. The number of nitrogens with zero attached hydrogens (tertiary/aromatic N) is 2. The van der Waals surface area contributed by atoms with E-state index in [0.717, 1.165) is 49.9 Å². The minimum Gasteiger partial charge on any atom is -0.477 e. The molecule has 1 aliphatic heterocycles. The first-order valence-corrected chi connectivity index (χ1v) is 14.6. The summed E-state index contributed by atoms with van der Waals surface area (Å²) in [4.78, 5) is 19.6. The minimum atomic E-state index is -4.15. The molecule has 0 radical (unpaired) electrons. The van der Waals surface area contributed by atoms with Crippen molar-refractivity contribution in [2.75, 3.05) is 18.0 Å². The molecule has 2 saturated carbocycles. The molecule has 2 heterocycles. The molecule has 2 aliphatic carbocycles. The molecule has 9 heteroatoms. The Morgan fingerprint density at radius 2 is 1.81 bits per heavy atom. The zero-order valence-corrected chi connectivity index (χ0v) is 21.7. The lowest BCUT2D eigenvalue weighted by molar-refractivity contribution is -0.128. The molecule has 0 bridgehead atoms. The van der Waals surface area contributed by atoms with E-state index in [1.54, 1.807) is 12.1 Å². The molecule has 3 fully saturated rings. The van der Waals surface area contributed by atoms with E-state index in [1.165, 1.54) is 25.3 Å². The van der Waals surface area contributed by atoms with Crippen LogP contribution in [0.2, 0.25) is 0 Å². The summed E-state index contributed by atoms with van der Waals surface area (Å²) in [6, 6.07) is 11.2. The second-order valence-electron chi connectivity index (χ2n) is 10.6. The van der Waals surface area contributed by atoms with Crippen molar-refractivity contribution in [1.82, 2.24) is 9.71 Å². The molecular weight excluding hydrogens is 476 g/mol. The topological polar surface area (TPSA) is 115 Å². The maximum Gasteiger partial charge on any atom is 0.281 e. The van der Waals surface area contributed by atoms with Crippen molar-refractivity contribution < 1.29 is 17.9 Å². The zero-order chi connectivity index (χ0) is 25.3. The van der Waals surface area contributed by atoms with Crippen LogP contribution < -0.4 is 20.1 Å². The normalized spacial score (nSPS) is 20.7. The summed E-state index contributed by atoms with van der Waals surface area (Å²) in [7, 11) is -4.15. The van der Waals surface area contributed by atoms with Crippen LogP contribution in [0, 0.1) is 6.92 Å². The van der Waals surface area contributed by atoms with Gasteiger partial charge in [-0.05, 0) is 67.9 Å². The number of amides is 1. The number of ether oxygens (including phenoxy) is 1. The Labute approximate surface area is 213 Å². The van der Waals surface area contributed by atoms with Gasteiger partial charge in [0.15, 0.2) is 10.6 Å². The smallest absolute Gasteiger partial charge is 0.281 e. The maximum absolute atomic E-state index is 13.2. The van der Waals surface area contributed by atoms with E-state index in [4.69, 9.17) is 10.5 Å². The summed E-state index contributed by atoms with van der Waals surface area (Å²) < 4.78 is 34.9. The molecule has 194 valence electrons. The summed E-state index contributed by atoms with van der Waals surface area (Å²) >= 11 is 0. The average molecular weight is 513 g/mol. The molecule has 0 unspecified atom stereocenters. The molecule has 8 nitrogen and oxygen atoms in total. The van der Waals surface area contributed by atoms with Crippen molar-refractivity contribution in [2.45, 2.75) is 87.3 Å². The number of aryl methyl sites for hydroxylation is 1. The first-order chi connectivity index (χ1) is 17.3. The Morgan fingerprint density at radius 1 is 1.08 bits per heavy atom. The van der Waals surface area contributed by atoms with Crippen LogP contribution in [0.3, 0.4) is 0 Å². The molecule has 0 spiro atoms. The third-order valence-corrected chi connectivity index (χ3v) is 8.94. The van der Waals surface area contributed by atoms with Gasteiger partial charge in [-0.15, -0.1) is 0 Å². The Hall–Kier alpha value is -2.65. The number of nitrogens with two attached hydrogens (primary N) is 1. The fourth-order valence-electron chi connectivity index (χ4n) is 5.31. The number of nitrogens with one attached hydrogen (secondary N) is 1. The minimum absolute atomic E-state index is 0.161. The van der Waals surface area contributed by atoms with Crippen LogP contribution >= 0.6 is 0 Å². The third kappa shape index (κ3) is 5.37. The van der Waals surface area contributed by atoms with Crippen LogP contribution in [0.4, 0.5) is 5.82 Å². The summed E-state index contributed by atoms with van der Waals surface area (Å²) in [6.45, 7) is 3.44. The average Bonchev–Trinajstić information content (AvgIpc) is 3.66. The highest BCUT2D eigenvalue weighted by Crippen LogP contribution is 2.45. The molecule has 0 atom stereocenters. The Bertz CT molecular complexity index is 1210. The predicted molar refractivity (Wildman–Crippen MR) is 139 cm³/mol. The van der Waals surface area contributed by atoms with Crippen LogP contribution in [0.1, 0.15) is 74.8 Å². The van der Waals surface area contributed by atoms with Crippen LogP contribution in [0.15, 0.2) is 41.4 Å². The lowest BCUT2D eigenvalue weighted by Gasteiger charge is -2.31. The second-order valence-corrected chi connectivity index (χ2v) is 12.2. The molecule has 36 heavy (non-hydrogen) atoms. The van der Waals surface area contributed by atoms with Crippen LogP contribution in [0.5, 0.6) is 5.75 Å². The lowest BCUT2D eigenvalue weighted by Crippen LogP contribution is -2.44. The van der Waals surface area contributed by atoms with Gasteiger partial charge in [-0.1, -0.05) is 37.5 Å². The van der Waals surface area contributed by atoms with Gasteiger partial charge in [0, 0.05) is 32.0 Å². The highest BCUT2D eigenvalue weighted by molar-refractivity contribution is 7.90. The molecule has 3 aliphatic rings. The number of benzene rings is 1. The van der Waals surface area contributed by atoms with Gasteiger partial charge in [0.1, 0.15) is 11.6 Å². The van der Waals surface area contributed by atoms with Crippen molar-refractivity contribution in [3.8, 4) is 5.75 Å². The van der Waals surface area contributed by atoms with Crippen molar-refractivity contribution in [3.63, 3.8) is 0 Å². The van der Waals surface area contributed by atoms with E-state index < -0.39 is 21.5 Å². The molecule has 5 rings (SSSR count). The molecule has 1 amide bonds. The van der Waals surface area contributed by atoms with E-state index in [0.29, 0.717) is 30.3 Å². The van der Waals surface area contributed by atoms with Gasteiger partial charge in [-0.25, -0.2) is 9.71 Å². The number of anilines is 1. The van der Waals surface area contributed by atoms with E-state index in [9.17, 15) is 13.2 Å². The Kier molecular flexibility index (Phi) is 6.96. The first kappa shape index (κ1) is 25.0. The monoisotopic (exact) mass is 512 g/mol. The van der Waals surface area contributed by atoms with Crippen LogP contribution in [0.25, 0.3) is 0 Å². The van der Waals surface area contributed by atoms with Crippen molar-refractivity contribution in [3.05, 3.63) is 47.5 Å². The first-order valence-electron chi connectivity index (χ1n) is 13.1. The molecule has 1 saturated heterocycles. The highest BCUT2D eigenvalue weighted by atomic mass is 32.2. The molecular formula is C27H36N4O4S. The number of hydrogen-bond donors (Lipinski definition) is 2. The number of piperidine rings is 1. The van der Waals surface area contributed by atoms with E-state index in [1.807, 2.05) is 17.9 Å². The van der Waals surface area contributed by atoms with Gasteiger partial charge in [-0.3, -0.25) is 4.79 Å². The fourth-order valence-corrected chi connectivity index (χ4v) is 6.31. The van der Waals surface area contributed by atoms with Gasteiger partial charge < -0.3 is 15.4 Å². The standard InChI is InChI=1S/C27H36N4O4S/c1-19-10-11-22(20-6-3-2-4-7-20)23(18-19)35-27(14-15-27)26(32)30-36(33,34)25-9-5-8-24(29-25)31-16-12-21(28)13-17-31/h5,8-11,18,20-21H,2-4,6-7,12-17,28H2,1H3,(H,30,32).